The highest BCUT2D eigenvalue weighted by atomic mass is 16.5. The molecule has 0 aromatic heterocycles. The topological polar surface area (TPSA) is 52.6 Å². The van der Waals surface area contributed by atoms with Gasteiger partial charge in [-0.1, -0.05) is 0 Å². The van der Waals surface area contributed by atoms with E-state index >= 15 is 0 Å². The van der Waals surface area contributed by atoms with Gasteiger partial charge >= 0.3 is 0 Å². The molecule has 0 aliphatic heterocycles. The molecule has 0 aromatic rings. The lowest BCUT2D eigenvalue weighted by Gasteiger charge is -2.19. The first kappa shape index (κ1) is 13.3. The van der Waals surface area contributed by atoms with Gasteiger partial charge in [0.25, 0.3) is 0 Å². The number of ether oxygens (including phenoxy) is 2. The Labute approximate surface area is 96.3 Å². The SMILES string of the molecule is CO[C@H]1CCC(=O)CC[C@H](OC)CC(=O)C1. The lowest BCUT2D eigenvalue weighted by atomic mass is 9.96. The molecule has 0 radical (unpaired) electrons. The van der Waals surface area contributed by atoms with Crippen molar-refractivity contribution < 1.29 is 19.1 Å². The number of carbonyl (C=O) groups is 2. The minimum absolute atomic E-state index is 0.118. The fraction of sp³-hybridized carbons (Fsp3) is 0.833. The van der Waals surface area contributed by atoms with E-state index in [0.717, 1.165) is 0 Å². The molecule has 0 N–H and O–H groups in total. The molecule has 0 spiro atoms. The van der Waals surface area contributed by atoms with E-state index in [4.69, 9.17) is 9.47 Å². The van der Waals surface area contributed by atoms with E-state index in [1.807, 2.05) is 0 Å². The standard InChI is InChI=1S/C12H20O4/c1-15-11-5-3-9(13)4-6-12(16-2)8-10(14)7-11/h11-12H,3-8H2,1-2H3/t11-,12-/m0/s1. The number of hydrogen-bond acceptors (Lipinski definition) is 4. The van der Waals surface area contributed by atoms with Crippen LogP contribution in [0.1, 0.15) is 38.5 Å². The highest BCUT2D eigenvalue weighted by Crippen LogP contribution is 2.17. The summed E-state index contributed by atoms with van der Waals surface area (Å²) in [5.74, 6) is 0.395. The van der Waals surface area contributed by atoms with Crippen LogP contribution in [0.2, 0.25) is 0 Å². The Kier molecular flexibility index (Phi) is 5.63. The summed E-state index contributed by atoms with van der Waals surface area (Å²) in [6, 6.07) is 0. The Hall–Kier alpha value is -0.740. The van der Waals surface area contributed by atoms with E-state index in [1.165, 1.54) is 0 Å². The van der Waals surface area contributed by atoms with E-state index < -0.39 is 0 Å². The molecule has 2 atom stereocenters. The van der Waals surface area contributed by atoms with E-state index in [9.17, 15) is 9.59 Å². The van der Waals surface area contributed by atoms with Gasteiger partial charge in [-0.2, -0.15) is 0 Å². The second kappa shape index (κ2) is 6.76. The Balaban J connectivity index is 2.59. The molecule has 1 aliphatic rings. The molecule has 92 valence electrons. The van der Waals surface area contributed by atoms with Gasteiger partial charge in [0.15, 0.2) is 0 Å². The van der Waals surface area contributed by atoms with Crippen molar-refractivity contribution in [2.24, 2.45) is 0 Å². The van der Waals surface area contributed by atoms with Crippen LogP contribution in [0.5, 0.6) is 0 Å². The molecule has 0 bridgehead atoms. The molecule has 4 nitrogen and oxygen atoms in total. The molecule has 1 aliphatic carbocycles. The van der Waals surface area contributed by atoms with Gasteiger partial charge in [-0.25, -0.2) is 0 Å². The first-order valence-corrected chi connectivity index (χ1v) is 5.74. The lowest BCUT2D eigenvalue weighted by molar-refractivity contribution is -0.127. The summed E-state index contributed by atoms with van der Waals surface area (Å²) < 4.78 is 10.4. The number of carbonyl (C=O) groups excluding carboxylic acids is 2. The van der Waals surface area contributed by atoms with Crippen LogP contribution >= 0.6 is 0 Å². The first-order valence-electron chi connectivity index (χ1n) is 5.74. The van der Waals surface area contributed by atoms with Crippen molar-refractivity contribution in [3.05, 3.63) is 0 Å². The monoisotopic (exact) mass is 228 g/mol. The highest BCUT2D eigenvalue weighted by molar-refractivity contribution is 5.81. The van der Waals surface area contributed by atoms with Crippen molar-refractivity contribution in [1.82, 2.24) is 0 Å². The van der Waals surface area contributed by atoms with Crippen LogP contribution in [0.4, 0.5) is 0 Å². The van der Waals surface area contributed by atoms with Crippen LogP contribution in [0, 0.1) is 0 Å². The summed E-state index contributed by atoms with van der Waals surface area (Å²) in [7, 11) is 3.17. The molecule has 1 saturated carbocycles. The van der Waals surface area contributed by atoms with Crippen molar-refractivity contribution in [3.63, 3.8) is 0 Å². The van der Waals surface area contributed by atoms with Crippen LogP contribution < -0.4 is 0 Å². The van der Waals surface area contributed by atoms with Gasteiger partial charge in [-0.15, -0.1) is 0 Å². The summed E-state index contributed by atoms with van der Waals surface area (Å²) >= 11 is 0. The first-order chi connectivity index (χ1) is 7.65. The van der Waals surface area contributed by atoms with Crippen molar-refractivity contribution >= 4 is 11.6 Å². The Morgan fingerprint density at radius 1 is 0.875 bits per heavy atom. The third-order valence-corrected chi connectivity index (χ3v) is 3.07. The zero-order valence-corrected chi connectivity index (χ0v) is 10.0. The van der Waals surface area contributed by atoms with Crippen molar-refractivity contribution in [2.45, 2.75) is 50.7 Å². The molecule has 0 saturated heterocycles. The minimum Gasteiger partial charge on any atom is -0.381 e. The number of ketones is 2. The average molecular weight is 228 g/mol. The number of methoxy groups -OCH3 is 2. The predicted octanol–water partition coefficient (Wildman–Crippen LogP) is 1.51. The van der Waals surface area contributed by atoms with E-state index in [-0.39, 0.29) is 23.8 Å². The van der Waals surface area contributed by atoms with Gasteiger partial charge < -0.3 is 9.47 Å². The normalized spacial score (nSPS) is 29.1. The molecular weight excluding hydrogens is 208 g/mol. The van der Waals surface area contributed by atoms with Crippen molar-refractivity contribution in [3.8, 4) is 0 Å². The molecular formula is C12H20O4. The maximum atomic E-state index is 11.7. The average Bonchev–Trinajstić information content (AvgIpc) is 2.29. The Morgan fingerprint density at radius 3 is 1.69 bits per heavy atom. The van der Waals surface area contributed by atoms with E-state index in [0.29, 0.717) is 38.5 Å². The number of rotatable bonds is 2. The van der Waals surface area contributed by atoms with E-state index in [2.05, 4.69) is 0 Å². The summed E-state index contributed by atoms with van der Waals surface area (Å²) in [5.41, 5.74) is 0. The molecule has 4 heteroatoms. The molecule has 1 fully saturated rings. The third kappa shape index (κ3) is 4.41. The van der Waals surface area contributed by atoms with Gasteiger partial charge in [0.1, 0.15) is 11.6 Å². The van der Waals surface area contributed by atoms with E-state index in [1.54, 1.807) is 14.2 Å². The molecule has 0 heterocycles. The molecule has 0 aromatic carbocycles. The smallest absolute Gasteiger partial charge is 0.138 e. The molecule has 16 heavy (non-hydrogen) atoms. The van der Waals surface area contributed by atoms with Crippen LogP contribution in [0.25, 0.3) is 0 Å². The summed E-state index contributed by atoms with van der Waals surface area (Å²) in [5, 5.41) is 0. The largest absolute Gasteiger partial charge is 0.381 e. The van der Waals surface area contributed by atoms with Gasteiger partial charge in [0.2, 0.25) is 0 Å². The maximum absolute atomic E-state index is 11.7. The number of hydrogen-bond donors (Lipinski definition) is 0. The second-order valence-electron chi connectivity index (χ2n) is 4.28. The van der Waals surface area contributed by atoms with Gasteiger partial charge in [-0.05, 0) is 12.8 Å². The summed E-state index contributed by atoms with van der Waals surface area (Å²) in [4.78, 5) is 23.2. The third-order valence-electron chi connectivity index (χ3n) is 3.07. The highest BCUT2D eigenvalue weighted by Gasteiger charge is 2.21. The summed E-state index contributed by atoms with van der Waals surface area (Å²) in [6.07, 6.45) is 2.86. The Morgan fingerprint density at radius 2 is 1.31 bits per heavy atom. The van der Waals surface area contributed by atoms with Crippen LogP contribution in [0.3, 0.4) is 0 Å². The minimum atomic E-state index is -0.118. The fourth-order valence-electron chi connectivity index (χ4n) is 1.97. The Bertz CT molecular complexity index is 227. The predicted molar refractivity (Wildman–Crippen MR) is 59.3 cm³/mol. The maximum Gasteiger partial charge on any atom is 0.138 e. The summed E-state index contributed by atoms with van der Waals surface area (Å²) in [6.45, 7) is 0. The fourth-order valence-corrected chi connectivity index (χ4v) is 1.97. The van der Waals surface area contributed by atoms with Gasteiger partial charge in [0, 0.05) is 39.9 Å². The van der Waals surface area contributed by atoms with Crippen molar-refractivity contribution in [1.29, 1.82) is 0 Å². The number of Topliss-reactive ketones (excluding diaryl/α,β-unsaturated/α-hetero) is 2. The molecule has 1 rings (SSSR count). The van der Waals surface area contributed by atoms with Crippen LogP contribution in [0.15, 0.2) is 0 Å². The van der Waals surface area contributed by atoms with Crippen LogP contribution in [-0.4, -0.2) is 38.0 Å². The van der Waals surface area contributed by atoms with Crippen molar-refractivity contribution in [2.75, 3.05) is 14.2 Å². The van der Waals surface area contributed by atoms with Gasteiger partial charge in [0.05, 0.1) is 12.2 Å². The lowest BCUT2D eigenvalue weighted by Crippen LogP contribution is -2.24. The molecule has 0 unspecified atom stereocenters. The zero-order valence-electron chi connectivity index (χ0n) is 10.0. The molecule has 0 amide bonds. The van der Waals surface area contributed by atoms with Crippen LogP contribution in [-0.2, 0) is 19.1 Å². The second-order valence-corrected chi connectivity index (χ2v) is 4.28. The van der Waals surface area contributed by atoms with Gasteiger partial charge in [-0.3, -0.25) is 9.59 Å². The zero-order chi connectivity index (χ0) is 12.0. The quantitative estimate of drug-likeness (QED) is 0.719.